The van der Waals surface area contributed by atoms with Crippen LogP contribution in [0.5, 0.6) is 5.75 Å². The first-order chi connectivity index (χ1) is 9.32. The van der Waals surface area contributed by atoms with Crippen LogP contribution < -0.4 is 10.1 Å². The molecule has 0 aliphatic heterocycles. The summed E-state index contributed by atoms with van der Waals surface area (Å²) in [5.41, 5.74) is 0. The molecule has 0 radical (unpaired) electrons. The number of nitrogens with one attached hydrogen (secondary N) is 1. The Labute approximate surface area is 117 Å². The molecule has 0 fully saturated rings. The number of aliphatic imine (C=N–C) groups is 1. The van der Waals surface area contributed by atoms with Gasteiger partial charge in [-0.2, -0.15) is 13.2 Å². The number of aromatic nitrogens is 1. The molecule has 0 aromatic carbocycles. The normalized spacial score (nSPS) is 13.4. The SMILES string of the molecule is CNC(C=NC(=O)C(F)(F)F)COc1ccc(Cl)nc1. The first-order valence-electron chi connectivity index (χ1n) is 5.40. The largest absolute Gasteiger partial charge is 0.490 e. The second kappa shape index (κ2) is 7.20. The van der Waals surface area contributed by atoms with Crippen molar-refractivity contribution >= 4 is 23.7 Å². The molecule has 0 aliphatic rings. The van der Waals surface area contributed by atoms with Crippen LogP contribution in [-0.2, 0) is 4.79 Å². The van der Waals surface area contributed by atoms with Gasteiger partial charge in [-0.25, -0.2) is 9.98 Å². The van der Waals surface area contributed by atoms with Gasteiger partial charge in [0, 0.05) is 6.21 Å². The van der Waals surface area contributed by atoms with E-state index in [1.54, 1.807) is 6.07 Å². The fraction of sp³-hybridized carbons (Fsp3) is 0.364. The Morgan fingerprint density at radius 3 is 2.80 bits per heavy atom. The Morgan fingerprint density at radius 1 is 1.60 bits per heavy atom. The molecule has 1 atom stereocenters. The van der Waals surface area contributed by atoms with E-state index >= 15 is 0 Å². The molecule has 5 nitrogen and oxygen atoms in total. The highest BCUT2D eigenvalue weighted by Crippen LogP contribution is 2.16. The third-order valence-electron chi connectivity index (χ3n) is 2.11. The summed E-state index contributed by atoms with van der Waals surface area (Å²) in [6.45, 7) is -0.0194. The maximum absolute atomic E-state index is 12.0. The van der Waals surface area contributed by atoms with E-state index in [9.17, 15) is 18.0 Å². The van der Waals surface area contributed by atoms with E-state index in [1.165, 1.54) is 19.3 Å². The smallest absolute Gasteiger partial charge is 0.473 e. The molecule has 0 saturated heterocycles. The summed E-state index contributed by atoms with van der Waals surface area (Å²) in [4.78, 5) is 17.2. The van der Waals surface area contributed by atoms with E-state index in [4.69, 9.17) is 16.3 Å². The molecular weight excluding hydrogens is 299 g/mol. The number of halogens is 4. The molecule has 0 bridgehead atoms. The molecule has 0 spiro atoms. The minimum atomic E-state index is -4.98. The highest BCUT2D eigenvalue weighted by molar-refractivity contribution is 6.29. The number of likely N-dealkylation sites (N-methyl/N-ethyl adjacent to an activating group) is 1. The predicted molar refractivity (Wildman–Crippen MR) is 67.1 cm³/mol. The second-order valence-corrected chi connectivity index (χ2v) is 3.99. The number of hydrogen-bond donors (Lipinski definition) is 1. The summed E-state index contributed by atoms with van der Waals surface area (Å²) >= 11 is 5.58. The molecule has 1 N–H and O–H groups in total. The zero-order valence-electron chi connectivity index (χ0n) is 10.3. The standard InChI is InChI=1S/C11H11ClF3N3O2/c1-16-7(4-18-10(19)11(13,14)15)6-20-8-2-3-9(12)17-5-8/h2-5,7,16H,6H2,1H3. The molecule has 0 saturated carbocycles. The number of amides is 1. The lowest BCUT2D eigenvalue weighted by Gasteiger charge is -2.12. The van der Waals surface area contributed by atoms with Gasteiger partial charge < -0.3 is 10.1 Å². The topological polar surface area (TPSA) is 63.6 Å². The van der Waals surface area contributed by atoms with Gasteiger partial charge in [-0.3, -0.25) is 4.79 Å². The average molecular weight is 310 g/mol. The summed E-state index contributed by atoms with van der Waals surface area (Å²) in [5.74, 6) is -1.77. The van der Waals surface area contributed by atoms with Crippen molar-refractivity contribution in [3.05, 3.63) is 23.5 Å². The third kappa shape index (κ3) is 5.54. The van der Waals surface area contributed by atoms with Gasteiger partial charge in [0.05, 0.1) is 12.2 Å². The zero-order valence-corrected chi connectivity index (χ0v) is 11.1. The summed E-state index contributed by atoms with van der Waals surface area (Å²) < 4.78 is 41.1. The minimum absolute atomic E-state index is 0.0194. The van der Waals surface area contributed by atoms with Crippen molar-refractivity contribution in [2.45, 2.75) is 12.2 Å². The molecule has 0 aliphatic carbocycles. The van der Waals surface area contributed by atoms with Gasteiger partial charge in [-0.15, -0.1) is 0 Å². The van der Waals surface area contributed by atoms with E-state index in [-0.39, 0.29) is 6.61 Å². The van der Waals surface area contributed by atoms with Crippen LogP contribution in [0, 0.1) is 0 Å². The highest BCUT2D eigenvalue weighted by atomic mass is 35.5. The first kappa shape index (κ1) is 16.4. The fourth-order valence-corrected chi connectivity index (χ4v) is 1.18. The van der Waals surface area contributed by atoms with E-state index in [0.717, 1.165) is 6.21 Å². The van der Waals surface area contributed by atoms with Crippen LogP contribution in [0.25, 0.3) is 0 Å². The van der Waals surface area contributed by atoms with Gasteiger partial charge in [0.15, 0.2) is 0 Å². The van der Waals surface area contributed by atoms with Crippen molar-refractivity contribution in [3.63, 3.8) is 0 Å². The Kier molecular flexibility index (Phi) is 5.90. The van der Waals surface area contributed by atoms with Gasteiger partial charge in [-0.05, 0) is 19.2 Å². The van der Waals surface area contributed by atoms with Crippen molar-refractivity contribution in [3.8, 4) is 5.75 Å². The monoisotopic (exact) mass is 309 g/mol. The number of nitrogens with zero attached hydrogens (tertiary/aromatic N) is 2. The number of rotatable bonds is 5. The van der Waals surface area contributed by atoms with E-state index < -0.39 is 18.1 Å². The van der Waals surface area contributed by atoms with Crippen LogP contribution in [0.4, 0.5) is 13.2 Å². The van der Waals surface area contributed by atoms with Gasteiger partial charge >= 0.3 is 12.1 Å². The molecule has 1 rings (SSSR count). The summed E-state index contributed by atoms with van der Waals surface area (Å²) in [6, 6.07) is 2.41. The number of ether oxygens (including phenoxy) is 1. The first-order valence-corrected chi connectivity index (χ1v) is 5.77. The van der Waals surface area contributed by atoms with Gasteiger partial charge in [0.25, 0.3) is 0 Å². The number of carbonyl (C=O) groups excluding carboxylic acids is 1. The van der Waals surface area contributed by atoms with Crippen LogP contribution in [0.15, 0.2) is 23.3 Å². The van der Waals surface area contributed by atoms with E-state index in [2.05, 4.69) is 15.3 Å². The maximum atomic E-state index is 12.0. The molecular formula is C11H11ClF3N3O2. The van der Waals surface area contributed by atoms with Crippen LogP contribution in [-0.4, -0.2) is 43.0 Å². The van der Waals surface area contributed by atoms with Crippen LogP contribution in [0.2, 0.25) is 5.15 Å². The van der Waals surface area contributed by atoms with Crippen molar-refractivity contribution in [1.29, 1.82) is 0 Å². The molecule has 9 heteroatoms. The Balaban J connectivity index is 2.53. The summed E-state index contributed by atoms with van der Waals surface area (Å²) in [5, 5.41) is 2.94. The van der Waals surface area contributed by atoms with Gasteiger partial charge in [-0.1, -0.05) is 11.6 Å². The maximum Gasteiger partial charge on any atom is 0.473 e. The number of pyridine rings is 1. The lowest BCUT2D eigenvalue weighted by Crippen LogP contribution is -2.34. The zero-order chi connectivity index (χ0) is 15.2. The number of alkyl halides is 3. The Morgan fingerprint density at radius 2 is 2.30 bits per heavy atom. The Bertz CT molecular complexity index is 477. The third-order valence-corrected chi connectivity index (χ3v) is 2.34. The lowest BCUT2D eigenvalue weighted by molar-refractivity contribution is -0.169. The highest BCUT2D eigenvalue weighted by Gasteiger charge is 2.38. The number of hydrogen-bond acceptors (Lipinski definition) is 4. The van der Waals surface area contributed by atoms with Crippen LogP contribution in [0.1, 0.15) is 0 Å². The van der Waals surface area contributed by atoms with E-state index in [0.29, 0.717) is 10.9 Å². The van der Waals surface area contributed by atoms with Crippen molar-refractivity contribution < 1.29 is 22.7 Å². The van der Waals surface area contributed by atoms with Crippen molar-refractivity contribution in [2.75, 3.05) is 13.7 Å². The Hall–Kier alpha value is -1.67. The van der Waals surface area contributed by atoms with Gasteiger partial charge in [0.1, 0.15) is 17.5 Å². The van der Waals surface area contributed by atoms with Crippen molar-refractivity contribution in [1.82, 2.24) is 10.3 Å². The van der Waals surface area contributed by atoms with Crippen molar-refractivity contribution in [2.24, 2.45) is 4.99 Å². The molecule has 1 heterocycles. The van der Waals surface area contributed by atoms with Crippen LogP contribution >= 0.6 is 11.6 Å². The van der Waals surface area contributed by atoms with Gasteiger partial charge in [0.2, 0.25) is 0 Å². The lowest BCUT2D eigenvalue weighted by atomic mass is 10.3. The van der Waals surface area contributed by atoms with E-state index in [1.807, 2.05) is 0 Å². The quantitative estimate of drug-likeness (QED) is 0.666. The predicted octanol–water partition coefficient (Wildman–Crippen LogP) is 1.86. The molecule has 1 unspecified atom stereocenters. The summed E-state index contributed by atoms with van der Waals surface area (Å²) in [6.07, 6.45) is -2.76. The molecule has 1 aromatic rings. The average Bonchev–Trinajstić information content (AvgIpc) is 2.39. The molecule has 1 amide bonds. The fourth-order valence-electron chi connectivity index (χ4n) is 1.07. The molecule has 1 aromatic heterocycles. The van der Waals surface area contributed by atoms with Crippen LogP contribution in [0.3, 0.4) is 0 Å². The minimum Gasteiger partial charge on any atom is -0.490 e. The molecule has 20 heavy (non-hydrogen) atoms. The summed E-state index contributed by atoms with van der Waals surface area (Å²) in [7, 11) is 1.50. The second-order valence-electron chi connectivity index (χ2n) is 3.60. The molecule has 110 valence electrons. The number of carbonyl (C=O) groups is 1.